The first kappa shape index (κ1) is 20.8. The number of hydrogen-bond donors (Lipinski definition) is 2. The minimum Gasteiger partial charge on any atom is -0.320 e. The van der Waals surface area contributed by atoms with Crippen LogP contribution in [0.15, 0.2) is 61.3 Å². The molecule has 0 spiro atoms. The molecule has 36 heavy (non-hydrogen) atoms. The van der Waals surface area contributed by atoms with Crippen molar-refractivity contribution < 1.29 is 9.59 Å². The number of hydrogen-bond acceptors (Lipinski definition) is 6. The first-order valence-corrected chi connectivity index (χ1v) is 11.7. The van der Waals surface area contributed by atoms with Gasteiger partial charge in [0, 0.05) is 29.1 Å². The smallest absolute Gasteiger partial charge is 0.259 e. The van der Waals surface area contributed by atoms with Crippen molar-refractivity contribution in [3.8, 4) is 11.5 Å². The quantitative estimate of drug-likeness (QED) is 0.373. The molecule has 5 heterocycles. The molecule has 10 nitrogen and oxygen atoms in total. The largest absolute Gasteiger partial charge is 0.320 e. The van der Waals surface area contributed by atoms with Gasteiger partial charge in [-0.1, -0.05) is 23.7 Å². The summed E-state index contributed by atoms with van der Waals surface area (Å²) in [6.07, 6.45) is 10.1. The molecule has 0 unspecified atom stereocenters. The summed E-state index contributed by atoms with van der Waals surface area (Å²) in [6, 6.07) is 8.97. The summed E-state index contributed by atoms with van der Waals surface area (Å²) in [4.78, 5) is 34.5. The first-order valence-electron chi connectivity index (χ1n) is 11.4. The minimum absolute atomic E-state index is 0.172. The van der Waals surface area contributed by atoms with E-state index in [-0.39, 0.29) is 17.7 Å². The summed E-state index contributed by atoms with van der Waals surface area (Å²) in [6.45, 7) is 0. The van der Waals surface area contributed by atoms with Crippen molar-refractivity contribution in [1.29, 1.82) is 0 Å². The Hall–Kier alpha value is -4.57. The molecule has 4 aromatic heterocycles. The lowest BCUT2D eigenvalue weighted by atomic mass is 10.1. The summed E-state index contributed by atoms with van der Waals surface area (Å²) in [5, 5.41) is 16.4. The highest BCUT2D eigenvalue weighted by Gasteiger charge is 2.34. The van der Waals surface area contributed by atoms with Gasteiger partial charge < -0.3 is 10.6 Å². The maximum absolute atomic E-state index is 13.3. The number of aromatic nitrogens is 6. The van der Waals surface area contributed by atoms with Crippen LogP contribution >= 0.6 is 11.6 Å². The molecule has 2 N–H and O–H groups in total. The number of halogens is 1. The van der Waals surface area contributed by atoms with Gasteiger partial charge in [-0.25, -0.2) is 19.3 Å². The Morgan fingerprint density at radius 2 is 2.00 bits per heavy atom. The Morgan fingerprint density at radius 3 is 2.78 bits per heavy atom. The van der Waals surface area contributed by atoms with Crippen LogP contribution in [0.1, 0.15) is 45.2 Å². The maximum Gasteiger partial charge on any atom is 0.259 e. The maximum atomic E-state index is 13.3. The number of benzene rings is 1. The molecule has 1 aromatic carbocycles. The van der Waals surface area contributed by atoms with E-state index in [0.717, 1.165) is 35.0 Å². The molecule has 0 bridgehead atoms. The van der Waals surface area contributed by atoms with E-state index in [0.29, 0.717) is 33.5 Å². The van der Waals surface area contributed by atoms with E-state index in [9.17, 15) is 9.59 Å². The molecule has 1 aliphatic carbocycles. The Morgan fingerprint density at radius 1 is 1.11 bits per heavy atom. The van der Waals surface area contributed by atoms with Gasteiger partial charge >= 0.3 is 0 Å². The van der Waals surface area contributed by atoms with Crippen molar-refractivity contribution in [2.24, 2.45) is 0 Å². The van der Waals surface area contributed by atoms with Gasteiger partial charge in [-0.05, 0) is 31.0 Å². The minimum atomic E-state index is -0.302. The van der Waals surface area contributed by atoms with Gasteiger partial charge in [-0.15, -0.1) is 0 Å². The highest BCUT2D eigenvalue weighted by atomic mass is 35.5. The van der Waals surface area contributed by atoms with E-state index < -0.39 is 0 Å². The van der Waals surface area contributed by atoms with Crippen molar-refractivity contribution in [2.45, 2.75) is 18.8 Å². The van der Waals surface area contributed by atoms with Crippen LogP contribution < -0.4 is 10.6 Å². The number of carbonyl (C=O) groups excluding carboxylic acids is 2. The third-order valence-corrected chi connectivity index (χ3v) is 6.69. The van der Waals surface area contributed by atoms with Crippen LogP contribution in [0.2, 0.25) is 5.02 Å². The summed E-state index contributed by atoms with van der Waals surface area (Å²) < 4.78 is 3.33. The molecule has 0 radical (unpaired) electrons. The number of nitrogens with zero attached hydrogens (tertiary/aromatic N) is 6. The van der Waals surface area contributed by atoms with Crippen molar-refractivity contribution in [3.05, 3.63) is 83.2 Å². The van der Waals surface area contributed by atoms with Gasteiger partial charge in [0.15, 0.2) is 5.82 Å². The normalized spacial score (nSPS) is 14.3. The summed E-state index contributed by atoms with van der Waals surface area (Å²) >= 11 is 6.40. The van der Waals surface area contributed by atoms with Gasteiger partial charge in [0.2, 0.25) is 0 Å². The number of amides is 2. The summed E-state index contributed by atoms with van der Waals surface area (Å²) in [5.74, 6) is 0.742. The highest BCUT2D eigenvalue weighted by Crippen LogP contribution is 2.44. The Labute approximate surface area is 208 Å². The van der Waals surface area contributed by atoms with E-state index >= 15 is 0 Å². The van der Waals surface area contributed by atoms with Gasteiger partial charge in [0.25, 0.3) is 11.8 Å². The fourth-order valence-electron chi connectivity index (χ4n) is 4.64. The average molecular weight is 497 g/mol. The third-order valence-electron chi connectivity index (χ3n) is 6.41. The van der Waals surface area contributed by atoms with Gasteiger partial charge in [0.05, 0.1) is 51.8 Å². The Bertz CT molecular complexity index is 1710. The average Bonchev–Trinajstić information content (AvgIpc) is 3.26. The molecular weight excluding hydrogens is 480 g/mol. The van der Waals surface area contributed by atoms with E-state index in [1.165, 1.54) is 0 Å². The van der Waals surface area contributed by atoms with Crippen LogP contribution in [0.3, 0.4) is 0 Å². The fourth-order valence-corrected chi connectivity index (χ4v) is 4.90. The Balaban J connectivity index is 1.26. The van der Waals surface area contributed by atoms with Crippen LogP contribution in [0.5, 0.6) is 0 Å². The van der Waals surface area contributed by atoms with Crippen molar-refractivity contribution in [1.82, 2.24) is 29.5 Å². The van der Waals surface area contributed by atoms with E-state index in [2.05, 4.69) is 30.8 Å². The number of anilines is 2. The molecule has 0 atom stereocenters. The van der Waals surface area contributed by atoms with E-state index in [1.54, 1.807) is 58.5 Å². The summed E-state index contributed by atoms with van der Waals surface area (Å²) in [7, 11) is 0. The fraction of sp³-hybridized carbons (Fsp3) is 0.120. The molecule has 1 saturated carbocycles. The molecule has 7 rings (SSSR count). The molecule has 0 saturated heterocycles. The zero-order chi connectivity index (χ0) is 24.4. The lowest BCUT2D eigenvalue weighted by Crippen LogP contribution is -2.15. The topological polar surface area (TPSA) is 120 Å². The molecule has 1 fully saturated rings. The van der Waals surface area contributed by atoms with Gasteiger partial charge in [0.1, 0.15) is 5.82 Å². The predicted molar refractivity (Wildman–Crippen MR) is 133 cm³/mol. The van der Waals surface area contributed by atoms with Crippen LogP contribution in [0.4, 0.5) is 11.5 Å². The molecule has 5 aromatic rings. The first-order chi connectivity index (χ1) is 17.6. The number of nitrogens with one attached hydrogen (secondary N) is 2. The van der Waals surface area contributed by atoms with Gasteiger partial charge in [-0.2, -0.15) is 10.2 Å². The van der Waals surface area contributed by atoms with Crippen LogP contribution in [0.25, 0.3) is 22.3 Å². The molecule has 11 heteroatoms. The summed E-state index contributed by atoms with van der Waals surface area (Å²) in [5.41, 5.74) is 3.06. The number of carbonyl (C=O) groups is 2. The van der Waals surface area contributed by atoms with Crippen LogP contribution in [0, 0.1) is 0 Å². The zero-order valence-electron chi connectivity index (χ0n) is 18.6. The van der Waals surface area contributed by atoms with Crippen molar-refractivity contribution >= 4 is 45.7 Å². The second-order valence-corrected chi connectivity index (χ2v) is 9.15. The second-order valence-electron chi connectivity index (χ2n) is 8.74. The van der Waals surface area contributed by atoms with Gasteiger partial charge in [-0.3, -0.25) is 9.59 Å². The third kappa shape index (κ3) is 3.18. The highest BCUT2D eigenvalue weighted by molar-refractivity contribution is 6.32. The number of rotatable bonds is 5. The molecule has 2 amide bonds. The lowest BCUT2D eigenvalue weighted by molar-refractivity contribution is 0.102. The second kappa shape index (κ2) is 7.72. The molecule has 176 valence electrons. The standard InChI is InChI=1S/C25H17ClN8O2/c26-18-9-14(10-28-23(18)33-8-2-7-29-33)31-25(36)17-11-30-34(21(17)13-5-6-13)19-12-27-22-20-15(19)3-1-4-16(20)24(35)32-22/h1-4,7-13H,5-6H2,(H,31,36)(H,27,32,35). The van der Waals surface area contributed by atoms with Crippen molar-refractivity contribution in [3.63, 3.8) is 0 Å². The van der Waals surface area contributed by atoms with Crippen LogP contribution in [-0.2, 0) is 0 Å². The lowest BCUT2D eigenvalue weighted by Gasteiger charge is -2.12. The van der Waals surface area contributed by atoms with Crippen LogP contribution in [-0.4, -0.2) is 41.3 Å². The Kier molecular flexibility index (Phi) is 4.45. The number of pyridine rings is 2. The monoisotopic (exact) mass is 496 g/mol. The SMILES string of the molecule is O=C(Nc1cnc(-n2cccn2)c(Cl)c1)c1cnn(-c2cnc3c4c(cccc24)C(=O)N3)c1C1CC1. The van der Waals surface area contributed by atoms with E-state index in [1.807, 2.05) is 12.1 Å². The van der Waals surface area contributed by atoms with E-state index in [4.69, 9.17) is 11.6 Å². The van der Waals surface area contributed by atoms with Crippen molar-refractivity contribution in [2.75, 3.05) is 10.6 Å². The molecular formula is C25H17ClN8O2. The predicted octanol–water partition coefficient (Wildman–Crippen LogP) is 4.35. The molecule has 2 aliphatic rings. The zero-order valence-corrected chi connectivity index (χ0v) is 19.4. The molecule has 1 aliphatic heterocycles.